The summed E-state index contributed by atoms with van der Waals surface area (Å²) < 4.78 is 0. The van der Waals surface area contributed by atoms with Crippen LogP contribution >= 0.6 is 0 Å². The van der Waals surface area contributed by atoms with Crippen molar-refractivity contribution in [3.05, 3.63) is 36.0 Å². The van der Waals surface area contributed by atoms with Gasteiger partial charge in [0.15, 0.2) is 0 Å². The molecule has 0 aliphatic carbocycles. The SMILES string of the molecule is CN(CC(=O)NC(C)(C)C)C(=O)c1cc2ccccc2[nH]1. The van der Waals surface area contributed by atoms with E-state index in [1.54, 1.807) is 13.1 Å². The van der Waals surface area contributed by atoms with Crippen molar-refractivity contribution in [1.29, 1.82) is 0 Å². The van der Waals surface area contributed by atoms with Gasteiger partial charge >= 0.3 is 0 Å². The van der Waals surface area contributed by atoms with E-state index in [1.807, 2.05) is 45.0 Å². The van der Waals surface area contributed by atoms with Gasteiger partial charge in [0.2, 0.25) is 5.91 Å². The highest BCUT2D eigenvalue weighted by Crippen LogP contribution is 2.15. The van der Waals surface area contributed by atoms with Crippen molar-refractivity contribution in [2.75, 3.05) is 13.6 Å². The lowest BCUT2D eigenvalue weighted by Crippen LogP contribution is -2.46. The van der Waals surface area contributed by atoms with Gasteiger partial charge in [0, 0.05) is 23.5 Å². The van der Waals surface area contributed by atoms with Gasteiger partial charge < -0.3 is 15.2 Å². The summed E-state index contributed by atoms with van der Waals surface area (Å²) in [6.45, 7) is 5.75. The van der Waals surface area contributed by atoms with Crippen LogP contribution in [-0.4, -0.2) is 40.8 Å². The highest BCUT2D eigenvalue weighted by molar-refractivity contribution is 5.99. The Labute approximate surface area is 124 Å². The summed E-state index contributed by atoms with van der Waals surface area (Å²) in [5.74, 6) is -0.371. The summed E-state index contributed by atoms with van der Waals surface area (Å²) in [6, 6.07) is 9.49. The molecule has 0 fully saturated rings. The minimum atomic E-state index is -0.303. The molecule has 0 spiro atoms. The molecule has 0 aliphatic heterocycles. The first-order chi connectivity index (χ1) is 9.76. The Morgan fingerprint density at radius 3 is 2.52 bits per heavy atom. The number of H-pyrrole nitrogens is 1. The summed E-state index contributed by atoms with van der Waals surface area (Å²) in [5.41, 5.74) is 1.10. The van der Waals surface area contributed by atoms with Crippen LogP contribution in [0.25, 0.3) is 10.9 Å². The van der Waals surface area contributed by atoms with Crippen molar-refractivity contribution in [3.63, 3.8) is 0 Å². The topological polar surface area (TPSA) is 65.2 Å². The number of likely N-dealkylation sites (N-methyl/N-ethyl adjacent to an activating group) is 1. The van der Waals surface area contributed by atoms with E-state index in [4.69, 9.17) is 0 Å². The van der Waals surface area contributed by atoms with Crippen LogP contribution in [0.3, 0.4) is 0 Å². The predicted octanol–water partition coefficient (Wildman–Crippen LogP) is 2.15. The molecule has 5 nitrogen and oxygen atoms in total. The number of aromatic nitrogens is 1. The number of para-hydroxylation sites is 1. The molecular weight excluding hydrogens is 266 g/mol. The molecule has 0 atom stereocenters. The third-order valence-electron chi connectivity index (χ3n) is 3.00. The van der Waals surface area contributed by atoms with Gasteiger partial charge in [-0.15, -0.1) is 0 Å². The third kappa shape index (κ3) is 3.84. The van der Waals surface area contributed by atoms with Crippen molar-refractivity contribution in [1.82, 2.24) is 15.2 Å². The molecule has 0 aliphatic rings. The van der Waals surface area contributed by atoms with Gasteiger partial charge in [0.05, 0.1) is 6.54 Å². The summed E-state index contributed by atoms with van der Waals surface area (Å²) in [4.78, 5) is 28.7. The van der Waals surface area contributed by atoms with Crippen LogP contribution in [0.1, 0.15) is 31.3 Å². The Morgan fingerprint density at radius 2 is 1.90 bits per heavy atom. The van der Waals surface area contributed by atoms with Gasteiger partial charge in [-0.05, 0) is 32.9 Å². The lowest BCUT2D eigenvalue weighted by molar-refractivity contribution is -0.122. The van der Waals surface area contributed by atoms with E-state index >= 15 is 0 Å². The number of carbonyl (C=O) groups excluding carboxylic acids is 2. The molecule has 2 amide bonds. The molecule has 0 saturated heterocycles. The molecule has 1 heterocycles. The number of rotatable bonds is 3. The van der Waals surface area contributed by atoms with Crippen LogP contribution in [0, 0.1) is 0 Å². The second-order valence-corrected chi connectivity index (χ2v) is 6.23. The average molecular weight is 287 g/mol. The predicted molar refractivity (Wildman–Crippen MR) is 83.2 cm³/mol. The maximum absolute atomic E-state index is 12.3. The molecule has 1 aromatic carbocycles. The number of carbonyl (C=O) groups is 2. The molecule has 1 aromatic heterocycles. The molecule has 112 valence electrons. The Bertz CT molecular complexity index is 634. The number of fused-ring (bicyclic) bond motifs is 1. The molecule has 0 bridgehead atoms. The first kappa shape index (κ1) is 15.1. The number of nitrogens with zero attached hydrogens (tertiary/aromatic N) is 1. The van der Waals surface area contributed by atoms with Gasteiger partial charge in [0.1, 0.15) is 5.69 Å². The molecule has 0 radical (unpaired) electrons. The third-order valence-corrected chi connectivity index (χ3v) is 3.00. The van der Waals surface area contributed by atoms with E-state index < -0.39 is 0 Å². The maximum Gasteiger partial charge on any atom is 0.270 e. The zero-order chi connectivity index (χ0) is 15.6. The first-order valence-corrected chi connectivity index (χ1v) is 6.90. The van der Waals surface area contributed by atoms with Crippen LogP contribution < -0.4 is 5.32 Å². The largest absolute Gasteiger partial charge is 0.351 e. The molecule has 0 saturated carbocycles. The number of aromatic amines is 1. The number of hydrogen-bond donors (Lipinski definition) is 2. The summed E-state index contributed by atoms with van der Waals surface area (Å²) >= 11 is 0. The maximum atomic E-state index is 12.3. The highest BCUT2D eigenvalue weighted by atomic mass is 16.2. The van der Waals surface area contributed by atoms with E-state index in [0.717, 1.165) is 10.9 Å². The fraction of sp³-hybridized carbons (Fsp3) is 0.375. The number of nitrogens with one attached hydrogen (secondary N) is 2. The molecule has 2 rings (SSSR count). The molecule has 0 unspecified atom stereocenters. The summed E-state index contributed by atoms with van der Waals surface area (Å²) in [6.07, 6.45) is 0. The van der Waals surface area contributed by atoms with Gasteiger partial charge in [-0.3, -0.25) is 9.59 Å². The lowest BCUT2D eigenvalue weighted by atomic mass is 10.1. The quantitative estimate of drug-likeness (QED) is 0.908. The highest BCUT2D eigenvalue weighted by Gasteiger charge is 2.19. The zero-order valence-corrected chi connectivity index (χ0v) is 12.9. The van der Waals surface area contributed by atoms with Crippen LogP contribution in [-0.2, 0) is 4.79 Å². The molecule has 2 N–H and O–H groups in total. The monoisotopic (exact) mass is 287 g/mol. The first-order valence-electron chi connectivity index (χ1n) is 6.90. The van der Waals surface area contributed by atoms with E-state index in [9.17, 15) is 9.59 Å². The Kier molecular flexibility index (Phi) is 4.02. The van der Waals surface area contributed by atoms with Gasteiger partial charge in [-0.25, -0.2) is 0 Å². The zero-order valence-electron chi connectivity index (χ0n) is 12.9. The van der Waals surface area contributed by atoms with E-state index in [2.05, 4.69) is 10.3 Å². The van der Waals surface area contributed by atoms with Crippen molar-refractivity contribution < 1.29 is 9.59 Å². The minimum absolute atomic E-state index is 0.0332. The van der Waals surface area contributed by atoms with Crippen LogP contribution in [0.4, 0.5) is 0 Å². The van der Waals surface area contributed by atoms with Crippen LogP contribution in [0.2, 0.25) is 0 Å². The number of benzene rings is 1. The number of amides is 2. The van der Waals surface area contributed by atoms with Gasteiger partial charge in [-0.1, -0.05) is 18.2 Å². The summed E-state index contributed by atoms with van der Waals surface area (Å²) in [7, 11) is 1.62. The van der Waals surface area contributed by atoms with Crippen LogP contribution in [0.5, 0.6) is 0 Å². The van der Waals surface area contributed by atoms with Gasteiger partial charge in [-0.2, -0.15) is 0 Å². The molecule has 2 aromatic rings. The van der Waals surface area contributed by atoms with Crippen molar-refractivity contribution in [2.45, 2.75) is 26.3 Å². The average Bonchev–Trinajstić information content (AvgIpc) is 2.78. The fourth-order valence-electron chi connectivity index (χ4n) is 2.14. The standard InChI is InChI=1S/C16H21N3O2/c1-16(2,3)18-14(20)10-19(4)15(21)13-9-11-7-5-6-8-12(11)17-13/h5-9,17H,10H2,1-4H3,(H,18,20). The second-order valence-electron chi connectivity index (χ2n) is 6.23. The van der Waals surface area contributed by atoms with Gasteiger partial charge in [0.25, 0.3) is 5.91 Å². The van der Waals surface area contributed by atoms with E-state index in [-0.39, 0.29) is 23.9 Å². The lowest BCUT2D eigenvalue weighted by Gasteiger charge is -2.23. The van der Waals surface area contributed by atoms with Crippen molar-refractivity contribution >= 4 is 22.7 Å². The summed E-state index contributed by atoms with van der Waals surface area (Å²) in [5, 5.41) is 3.82. The van der Waals surface area contributed by atoms with E-state index in [1.165, 1.54) is 4.90 Å². The van der Waals surface area contributed by atoms with Crippen molar-refractivity contribution in [3.8, 4) is 0 Å². The van der Waals surface area contributed by atoms with Crippen LogP contribution in [0.15, 0.2) is 30.3 Å². The Morgan fingerprint density at radius 1 is 1.24 bits per heavy atom. The Hall–Kier alpha value is -2.30. The molecule has 5 heteroatoms. The smallest absolute Gasteiger partial charge is 0.270 e. The normalized spacial score (nSPS) is 11.4. The molecular formula is C16H21N3O2. The minimum Gasteiger partial charge on any atom is -0.351 e. The Balaban J connectivity index is 2.07. The molecule has 21 heavy (non-hydrogen) atoms. The fourth-order valence-corrected chi connectivity index (χ4v) is 2.14. The number of hydrogen-bond acceptors (Lipinski definition) is 2. The second kappa shape index (κ2) is 5.60. The van der Waals surface area contributed by atoms with E-state index in [0.29, 0.717) is 5.69 Å². The van der Waals surface area contributed by atoms with Crippen molar-refractivity contribution in [2.24, 2.45) is 0 Å².